The first kappa shape index (κ1) is 37.8. The van der Waals surface area contributed by atoms with Crippen LogP contribution in [0.1, 0.15) is 56.8 Å². The first-order valence-corrected chi connectivity index (χ1v) is 16.1. The molecular formula is C38H40Cl2N2O6. The van der Waals surface area contributed by atoms with Crippen LogP contribution in [0.5, 0.6) is 0 Å². The quantitative estimate of drug-likeness (QED) is 0.161. The Morgan fingerprint density at radius 3 is 1.21 bits per heavy atom. The molecule has 0 aromatic heterocycles. The lowest BCUT2D eigenvalue weighted by molar-refractivity contribution is -0.145. The molecule has 2 unspecified atom stereocenters. The second-order valence-electron chi connectivity index (χ2n) is 11.4. The lowest BCUT2D eigenvalue weighted by Crippen LogP contribution is -2.15. The van der Waals surface area contributed by atoms with Crippen LogP contribution in [0.2, 0.25) is 10.0 Å². The summed E-state index contributed by atoms with van der Waals surface area (Å²) in [5, 5.41) is 6.53. The van der Waals surface area contributed by atoms with Crippen molar-refractivity contribution < 1.29 is 28.7 Å². The summed E-state index contributed by atoms with van der Waals surface area (Å²) in [5.74, 6) is -1.37. The van der Waals surface area contributed by atoms with Crippen LogP contribution in [0, 0.1) is 25.7 Å². The smallest absolute Gasteiger partial charge is 0.308 e. The van der Waals surface area contributed by atoms with Crippen molar-refractivity contribution in [3.63, 3.8) is 0 Å². The number of benzene rings is 4. The Labute approximate surface area is 291 Å². The van der Waals surface area contributed by atoms with E-state index in [0.29, 0.717) is 45.4 Å². The zero-order valence-electron chi connectivity index (χ0n) is 27.9. The number of esters is 2. The Bertz CT molecular complexity index is 1570. The minimum Gasteiger partial charge on any atom is -0.469 e. The maximum absolute atomic E-state index is 12.4. The number of carbonyl (C=O) groups excluding carboxylic acids is 4. The second kappa shape index (κ2) is 18.0. The highest BCUT2D eigenvalue weighted by molar-refractivity contribution is 6.35. The number of aryl methyl sites for hydroxylation is 2. The van der Waals surface area contributed by atoms with Gasteiger partial charge in [0.1, 0.15) is 0 Å². The number of amides is 2. The Balaban J connectivity index is 0.000000260. The zero-order chi connectivity index (χ0) is 35.4. The number of nitrogens with one attached hydrogen (secondary N) is 2. The molecule has 0 spiro atoms. The van der Waals surface area contributed by atoms with Gasteiger partial charge in [-0.15, -0.1) is 0 Å². The molecule has 10 heteroatoms. The van der Waals surface area contributed by atoms with Gasteiger partial charge in [0.2, 0.25) is 0 Å². The van der Waals surface area contributed by atoms with Crippen molar-refractivity contribution in [2.75, 3.05) is 24.9 Å². The molecule has 4 aromatic carbocycles. The number of anilines is 2. The van der Waals surface area contributed by atoms with Gasteiger partial charge in [0.25, 0.3) is 11.8 Å². The van der Waals surface area contributed by atoms with Crippen molar-refractivity contribution >= 4 is 58.3 Å². The summed E-state index contributed by atoms with van der Waals surface area (Å²) in [6, 6.07) is 25.5. The zero-order valence-corrected chi connectivity index (χ0v) is 29.4. The summed E-state index contributed by atoms with van der Waals surface area (Å²) < 4.78 is 9.45. The number of ether oxygens (including phenoxy) is 2. The maximum atomic E-state index is 12.4. The summed E-state index contributed by atoms with van der Waals surface area (Å²) in [6.07, 6.45) is 1.18. The summed E-state index contributed by atoms with van der Waals surface area (Å²) in [6.45, 7) is 7.33. The predicted octanol–water partition coefficient (Wildman–Crippen LogP) is 8.50. The van der Waals surface area contributed by atoms with Crippen molar-refractivity contribution in [3.05, 3.63) is 128 Å². The van der Waals surface area contributed by atoms with E-state index in [1.54, 1.807) is 12.1 Å². The van der Waals surface area contributed by atoms with E-state index >= 15 is 0 Å². The largest absolute Gasteiger partial charge is 0.469 e. The molecule has 2 amide bonds. The Kier molecular flexibility index (Phi) is 14.2. The molecule has 0 heterocycles. The van der Waals surface area contributed by atoms with Gasteiger partial charge in [0, 0.05) is 11.4 Å². The summed E-state index contributed by atoms with van der Waals surface area (Å²) in [5.41, 5.74) is 5.94. The van der Waals surface area contributed by atoms with E-state index in [1.165, 1.54) is 14.2 Å². The highest BCUT2D eigenvalue weighted by atomic mass is 35.5. The Hall–Kier alpha value is -4.66. The summed E-state index contributed by atoms with van der Waals surface area (Å²) in [7, 11) is 2.77. The van der Waals surface area contributed by atoms with Gasteiger partial charge in [0.15, 0.2) is 0 Å². The second-order valence-corrected chi connectivity index (χ2v) is 12.2. The van der Waals surface area contributed by atoms with Gasteiger partial charge in [-0.25, -0.2) is 0 Å². The van der Waals surface area contributed by atoms with Crippen molar-refractivity contribution in [2.45, 2.75) is 40.5 Å². The third-order valence-corrected chi connectivity index (χ3v) is 8.24. The molecule has 0 radical (unpaired) electrons. The van der Waals surface area contributed by atoms with Gasteiger partial charge in [-0.3, -0.25) is 19.2 Å². The molecule has 252 valence electrons. The fourth-order valence-corrected chi connectivity index (χ4v) is 5.57. The number of hydrogen-bond acceptors (Lipinski definition) is 6. The van der Waals surface area contributed by atoms with Crippen LogP contribution in [0.25, 0.3) is 0 Å². The van der Waals surface area contributed by atoms with Crippen molar-refractivity contribution in [3.8, 4) is 0 Å². The first-order valence-electron chi connectivity index (χ1n) is 15.3. The van der Waals surface area contributed by atoms with E-state index < -0.39 is 0 Å². The lowest BCUT2D eigenvalue weighted by atomic mass is 10.0. The third-order valence-electron chi connectivity index (χ3n) is 7.61. The Morgan fingerprint density at radius 1 is 0.583 bits per heavy atom. The summed E-state index contributed by atoms with van der Waals surface area (Å²) in [4.78, 5) is 47.7. The SMILES string of the molecule is COC(=O)C(C)Cc1ccc(NC(=O)c2c(C)cccc2Cl)cc1.COC(=O)C(C)Cc1ccc(NC(=O)c2c(C)cccc2Cl)cc1. The van der Waals surface area contributed by atoms with E-state index in [0.717, 1.165) is 22.3 Å². The van der Waals surface area contributed by atoms with Crippen molar-refractivity contribution in [2.24, 2.45) is 11.8 Å². The van der Waals surface area contributed by atoms with Crippen LogP contribution >= 0.6 is 23.2 Å². The molecule has 2 atom stereocenters. The topological polar surface area (TPSA) is 111 Å². The monoisotopic (exact) mass is 690 g/mol. The molecule has 0 saturated carbocycles. The third kappa shape index (κ3) is 10.7. The number of hydrogen-bond donors (Lipinski definition) is 2. The van der Waals surface area contributed by atoms with Gasteiger partial charge in [-0.05, 0) is 85.3 Å². The molecule has 0 fully saturated rings. The normalized spacial score (nSPS) is 11.7. The number of carbonyl (C=O) groups is 4. The van der Waals surface area contributed by atoms with Gasteiger partial charge in [-0.2, -0.15) is 0 Å². The molecule has 0 aliphatic carbocycles. The van der Waals surface area contributed by atoms with Crippen LogP contribution < -0.4 is 10.6 Å². The number of rotatable bonds is 10. The lowest BCUT2D eigenvalue weighted by Gasteiger charge is -2.11. The molecule has 4 aromatic rings. The van der Waals surface area contributed by atoms with E-state index in [-0.39, 0.29) is 35.6 Å². The van der Waals surface area contributed by atoms with Gasteiger partial charge < -0.3 is 20.1 Å². The van der Waals surface area contributed by atoms with Crippen LogP contribution in [0.15, 0.2) is 84.9 Å². The van der Waals surface area contributed by atoms with Crippen molar-refractivity contribution in [1.82, 2.24) is 0 Å². The van der Waals surface area contributed by atoms with E-state index in [4.69, 9.17) is 32.7 Å². The molecule has 0 aliphatic heterocycles. The molecule has 0 aliphatic rings. The molecule has 2 N–H and O–H groups in total. The minimum absolute atomic E-state index is 0.207. The van der Waals surface area contributed by atoms with Crippen molar-refractivity contribution in [1.29, 1.82) is 0 Å². The van der Waals surface area contributed by atoms with E-state index in [9.17, 15) is 19.2 Å². The van der Waals surface area contributed by atoms with Gasteiger partial charge >= 0.3 is 11.9 Å². The fraction of sp³-hybridized carbons (Fsp3) is 0.263. The fourth-order valence-electron chi connectivity index (χ4n) is 4.95. The molecular weight excluding hydrogens is 651 g/mol. The average molecular weight is 692 g/mol. The van der Waals surface area contributed by atoms with E-state index in [2.05, 4.69) is 10.6 Å². The molecule has 0 bridgehead atoms. The molecule has 8 nitrogen and oxygen atoms in total. The van der Waals surface area contributed by atoms with Crippen LogP contribution in [0.4, 0.5) is 11.4 Å². The number of halogens is 2. The Morgan fingerprint density at radius 2 is 0.917 bits per heavy atom. The van der Waals surface area contributed by atoms with Gasteiger partial charge in [-0.1, -0.05) is 85.6 Å². The highest BCUT2D eigenvalue weighted by Gasteiger charge is 2.17. The molecule has 4 rings (SSSR count). The first-order chi connectivity index (χ1) is 22.8. The van der Waals surface area contributed by atoms with Gasteiger partial charge in [0.05, 0.1) is 47.2 Å². The minimum atomic E-state index is -0.242. The predicted molar refractivity (Wildman–Crippen MR) is 191 cm³/mol. The standard InChI is InChI=1S/2C19H20ClNO3/c2*1-12-5-4-6-16(20)17(12)18(22)21-15-9-7-14(8-10-15)11-13(2)19(23)24-3/h2*4-10,13H,11H2,1-3H3,(H,21,22). The molecule has 48 heavy (non-hydrogen) atoms. The maximum Gasteiger partial charge on any atom is 0.308 e. The van der Waals surface area contributed by atoms with Crippen LogP contribution in [0.3, 0.4) is 0 Å². The molecule has 0 saturated heterocycles. The highest BCUT2D eigenvalue weighted by Crippen LogP contribution is 2.23. The average Bonchev–Trinajstić information content (AvgIpc) is 3.05. The van der Waals surface area contributed by atoms with Crippen LogP contribution in [-0.4, -0.2) is 38.0 Å². The van der Waals surface area contributed by atoms with E-state index in [1.807, 2.05) is 100 Å². The summed E-state index contributed by atoms with van der Waals surface area (Å²) >= 11 is 12.2. The van der Waals surface area contributed by atoms with Crippen LogP contribution in [-0.2, 0) is 31.9 Å². The number of methoxy groups -OCH3 is 2.